The van der Waals surface area contributed by atoms with Gasteiger partial charge in [0.1, 0.15) is 0 Å². The number of benzene rings is 1. The smallest absolute Gasteiger partial charge is 0.170 e. The predicted molar refractivity (Wildman–Crippen MR) is 70.9 cm³/mol. The Morgan fingerprint density at radius 3 is 2.69 bits per heavy atom. The summed E-state index contributed by atoms with van der Waals surface area (Å²) in [6.45, 7) is 0. The van der Waals surface area contributed by atoms with Crippen LogP contribution in [0.2, 0.25) is 0 Å². The van der Waals surface area contributed by atoms with Gasteiger partial charge in [-0.15, -0.1) is 11.3 Å². The number of nitrogens with two attached hydrogens (primary N) is 1. The summed E-state index contributed by atoms with van der Waals surface area (Å²) in [4.78, 5) is 13.0. The van der Waals surface area contributed by atoms with E-state index in [9.17, 15) is 4.79 Å². The average molecular weight is 296 g/mol. The van der Waals surface area contributed by atoms with Crippen LogP contribution in [0.5, 0.6) is 0 Å². The lowest BCUT2D eigenvalue weighted by atomic mass is 10.1. The number of Topliss-reactive ketones (excluding diaryl/α,β-unsaturated/α-hetero) is 1. The van der Waals surface area contributed by atoms with Gasteiger partial charge in [0, 0.05) is 27.0 Å². The summed E-state index contributed by atoms with van der Waals surface area (Å²) in [6.07, 6.45) is 0.395. The van der Waals surface area contributed by atoms with Gasteiger partial charge in [0.15, 0.2) is 5.78 Å². The average Bonchev–Trinajstić information content (AvgIpc) is 2.65. The summed E-state index contributed by atoms with van der Waals surface area (Å²) < 4.78 is 0.986. The minimum Gasteiger partial charge on any atom is -0.398 e. The third-order valence-corrected chi connectivity index (χ3v) is 4.20. The summed E-state index contributed by atoms with van der Waals surface area (Å²) in [5, 5.41) is 1.96. The zero-order valence-electron chi connectivity index (χ0n) is 8.44. The molecule has 1 aromatic carbocycles. The van der Waals surface area contributed by atoms with E-state index in [-0.39, 0.29) is 5.78 Å². The van der Waals surface area contributed by atoms with Crippen molar-refractivity contribution in [3.8, 4) is 0 Å². The van der Waals surface area contributed by atoms with Crippen LogP contribution in [0.1, 0.15) is 15.2 Å². The monoisotopic (exact) mass is 295 g/mol. The van der Waals surface area contributed by atoms with Crippen LogP contribution in [0.3, 0.4) is 0 Å². The predicted octanol–water partition coefficient (Wildman–Crippen LogP) is 3.52. The molecule has 0 spiro atoms. The Balaban J connectivity index is 2.22. The molecule has 2 aromatic rings. The van der Waals surface area contributed by atoms with Gasteiger partial charge in [-0.25, -0.2) is 0 Å². The molecule has 2 N–H and O–H groups in total. The molecule has 0 radical (unpaired) electrons. The molecule has 0 aliphatic rings. The fraction of sp³-hybridized carbons (Fsp3) is 0.0833. The van der Waals surface area contributed by atoms with E-state index >= 15 is 0 Å². The number of halogens is 1. The van der Waals surface area contributed by atoms with Crippen LogP contribution in [0, 0.1) is 0 Å². The van der Waals surface area contributed by atoms with Gasteiger partial charge in [-0.1, -0.05) is 12.1 Å². The number of thiophene rings is 1. The molecule has 82 valence electrons. The normalized spacial score (nSPS) is 10.3. The molecule has 0 bridgehead atoms. The van der Waals surface area contributed by atoms with Crippen LogP contribution in [0.25, 0.3) is 0 Å². The first-order valence-electron chi connectivity index (χ1n) is 4.78. The second-order valence-electron chi connectivity index (χ2n) is 3.38. The minimum absolute atomic E-state index is 0.0567. The number of carbonyl (C=O) groups excluding carboxylic acids is 1. The van der Waals surface area contributed by atoms with Gasteiger partial charge in [0.05, 0.1) is 0 Å². The van der Waals surface area contributed by atoms with Crippen LogP contribution in [-0.4, -0.2) is 5.78 Å². The number of nitrogen functional groups attached to an aromatic ring is 1. The molecule has 0 atom stereocenters. The van der Waals surface area contributed by atoms with E-state index in [0.717, 1.165) is 9.35 Å². The Bertz CT molecular complexity index is 521. The molecular weight excluding hydrogens is 286 g/mol. The standard InChI is InChI=1S/C12H10BrNOS/c13-9-5-6-16-12(9)7-11(15)8-3-1-2-4-10(8)14/h1-6H,7,14H2. The SMILES string of the molecule is Nc1ccccc1C(=O)Cc1sccc1Br. The Hall–Kier alpha value is -1.13. The van der Waals surface area contributed by atoms with Crippen molar-refractivity contribution in [3.05, 3.63) is 50.6 Å². The largest absolute Gasteiger partial charge is 0.398 e. The molecule has 2 nitrogen and oxygen atoms in total. The van der Waals surface area contributed by atoms with E-state index in [0.29, 0.717) is 17.7 Å². The lowest BCUT2D eigenvalue weighted by Crippen LogP contribution is -2.06. The van der Waals surface area contributed by atoms with Gasteiger partial charge in [0.25, 0.3) is 0 Å². The van der Waals surface area contributed by atoms with Crippen LogP contribution in [-0.2, 0) is 6.42 Å². The van der Waals surface area contributed by atoms with Gasteiger partial charge in [-0.2, -0.15) is 0 Å². The number of hydrogen-bond acceptors (Lipinski definition) is 3. The maximum atomic E-state index is 12.0. The van der Waals surface area contributed by atoms with Crippen LogP contribution in [0.4, 0.5) is 5.69 Å². The molecule has 0 unspecified atom stereocenters. The van der Waals surface area contributed by atoms with Crippen molar-refractivity contribution in [2.75, 3.05) is 5.73 Å². The van der Waals surface area contributed by atoms with Crippen molar-refractivity contribution in [1.29, 1.82) is 0 Å². The number of ketones is 1. The fourth-order valence-corrected chi connectivity index (χ4v) is 2.93. The van der Waals surface area contributed by atoms with Gasteiger partial charge < -0.3 is 5.73 Å². The lowest BCUT2D eigenvalue weighted by Gasteiger charge is -2.03. The Labute approximate surface area is 106 Å². The van der Waals surface area contributed by atoms with E-state index in [1.165, 1.54) is 0 Å². The molecular formula is C12H10BrNOS. The van der Waals surface area contributed by atoms with Crippen LogP contribution in [0.15, 0.2) is 40.2 Å². The number of rotatable bonds is 3. The van der Waals surface area contributed by atoms with E-state index in [1.54, 1.807) is 23.5 Å². The Morgan fingerprint density at radius 1 is 1.31 bits per heavy atom. The first-order valence-corrected chi connectivity index (χ1v) is 6.45. The molecule has 0 aliphatic carbocycles. The number of anilines is 1. The topological polar surface area (TPSA) is 43.1 Å². The number of para-hydroxylation sites is 1. The van der Waals surface area contributed by atoms with Crippen molar-refractivity contribution in [1.82, 2.24) is 0 Å². The highest BCUT2D eigenvalue weighted by atomic mass is 79.9. The minimum atomic E-state index is 0.0567. The molecule has 0 saturated heterocycles. The summed E-state index contributed by atoms with van der Waals surface area (Å²) in [6, 6.07) is 9.11. The molecule has 0 amide bonds. The highest BCUT2D eigenvalue weighted by Crippen LogP contribution is 2.25. The number of carbonyl (C=O) groups is 1. The van der Waals surface area contributed by atoms with Gasteiger partial charge in [-0.05, 0) is 39.5 Å². The summed E-state index contributed by atoms with van der Waals surface area (Å²) in [5.41, 5.74) is 6.90. The highest BCUT2D eigenvalue weighted by molar-refractivity contribution is 9.10. The highest BCUT2D eigenvalue weighted by Gasteiger charge is 2.12. The summed E-state index contributed by atoms with van der Waals surface area (Å²) in [7, 11) is 0. The van der Waals surface area contributed by atoms with Crippen molar-refractivity contribution in [2.45, 2.75) is 6.42 Å². The third kappa shape index (κ3) is 2.33. The van der Waals surface area contributed by atoms with Crippen molar-refractivity contribution in [2.24, 2.45) is 0 Å². The molecule has 1 aromatic heterocycles. The Kier molecular flexibility index (Phi) is 3.41. The van der Waals surface area contributed by atoms with E-state index in [4.69, 9.17) is 5.73 Å². The van der Waals surface area contributed by atoms with Crippen LogP contribution >= 0.6 is 27.3 Å². The summed E-state index contributed by atoms with van der Waals surface area (Å²) >= 11 is 4.98. The molecule has 1 heterocycles. The van der Waals surface area contributed by atoms with Gasteiger partial charge >= 0.3 is 0 Å². The van der Waals surface area contributed by atoms with E-state index in [2.05, 4.69) is 15.9 Å². The third-order valence-electron chi connectivity index (χ3n) is 2.27. The molecule has 0 saturated carbocycles. The zero-order chi connectivity index (χ0) is 11.5. The molecule has 4 heteroatoms. The zero-order valence-corrected chi connectivity index (χ0v) is 10.8. The van der Waals surface area contributed by atoms with Crippen LogP contribution < -0.4 is 5.73 Å². The van der Waals surface area contributed by atoms with E-state index < -0.39 is 0 Å². The second kappa shape index (κ2) is 4.80. The molecule has 16 heavy (non-hydrogen) atoms. The quantitative estimate of drug-likeness (QED) is 0.695. The summed E-state index contributed by atoms with van der Waals surface area (Å²) in [5.74, 6) is 0.0567. The van der Waals surface area contributed by atoms with Gasteiger partial charge in [-0.3, -0.25) is 4.79 Å². The maximum Gasteiger partial charge on any atom is 0.170 e. The first kappa shape index (κ1) is 11.4. The molecule has 0 fully saturated rings. The lowest BCUT2D eigenvalue weighted by molar-refractivity contribution is 0.0994. The Morgan fingerprint density at radius 2 is 2.06 bits per heavy atom. The van der Waals surface area contributed by atoms with Gasteiger partial charge in [0.2, 0.25) is 0 Å². The maximum absolute atomic E-state index is 12.0. The van der Waals surface area contributed by atoms with Crippen molar-refractivity contribution < 1.29 is 4.79 Å². The van der Waals surface area contributed by atoms with Crippen molar-refractivity contribution in [3.63, 3.8) is 0 Å². The fourth-order valence-electron chi connectivity index (χ4n) is 1.44. The van der Waals surface area contributed by atoms with E-state index in [1.807, 2.05) is 23.6 Å². The second-order valence-corrected chi connectivity index (χ2v) is 5.23. The molecule has 2 rings (SSSR count). The molecule has 0 aliphatic heterocycles. The first-order chi connectivity index (χ1) is 7.68. The number of hydrogen-bond donors (Lipinski definition) is 1. The van der Waals surface area contributed by atoms with Crippen molar-refractivity contribution >= 4 is 38.7 Å².